The Kier molecular flexibility index (Phi) is 7.78. The lowest BCUT2D eigenvalue weighted by atomic mass is 9.99. The van der Waals surface area contributed by atoms with Gasteiger partial charge in [0.05, 0.1) is 27.8 Å². The molecule has 0 fully saturated rings. The third-order valence-electron chi connectivity index (χ3n) is 11.6. The summed E-state index contributed by atoms with van der Waals surface area (Å²) in [5.74, 6) is 0.704. The molecule has 0 aliphatic carbocycles. The minimum atomic E-state index is 0.704. The van der Waals surface area contributed by atoms with Gasteiger partial charge in [-0.1, -0.05) is 176 Å². The molecule has 0 N–H and O–H groups in total. The lowest BCUT2D eigenvalue weighted by Gasteiger charge is -2.11. The molecule has 4 aromatic heterocycles. The Hall–Kier alpha value is -8.15. The van der Waals surface area contributed by atoms with E-state index in [9.17, 15) is 0 Å². The van der Waals surface area contributed by atoms with Gasteiger partial charge in [-0.05, 0) is 52.2 Å². The summed E-state index contributed by atoms with van der Waals surface area (Å²) in [6.45, 7) is 0. The monoisotopic (exact) mass is 766 g/mol. The molecule has 0 saturated carbocycles. The molecule has 5 heteroatoms. The summed E-state index contributed by atoms with van der Waals surface area (Å²) in [7, 11) is 0. The highest BCUT2D eigenvalue weighted by atomic mass is 16.3. The van der Waals surface area contributed by atoms with Crippen LogP contribution in [0.2, 0.25) is 0 Å². The molecule has 12 aromatic rings. The van der Waals surface area contributed by atoms with Crippen molar-refractivity contribution in [1.82, 2.24) is 19.5 Å². The fraction of sp³-hybridized carbons (Fsp3) is 0. The van der Waals surface area contributed by atoms with Crippen molar-refractivity contribution in [3.63, 3.8) is 0 Å². The number of hydrogen-bond acceptors (Lipinski definition) is 4. The highest BCUT2D eigenvalue weighted by molar-refractivity contribution is 6.28. The normalized spacial score (nSPS) is 11.7. The van der Waals surface area contributed by atoms with Crippen LogP contribution in [0.3, 0.4) is 0 Å². The maximum atomic E-state index is 7.06. The molecular formula is C55H34N4O. The van der Waals surface area contributed by atoms with E-state index in [-0.39, 0.29) is 0 Å². The molecule has 0 saturated heterocycles. The van der Waals surface area contributed by atoms with Crippen molar-refractivity contribution < 1.29 is 4.42 Å². The van der Waals surface area contributed by atoms with Gasteiger partial charge < -0.3 is 4.42 Å². The van der Waals surface area contributed by atoms with Crippen molar-refractivity contribution in [1.29, 1.82) is 0 Å². The molecule has 0 aliphatic rings. The van der Waals surface area contributed by atoms with E-state index in [1.165, 1.54) is 10.8 Å². The van der Waals surface area contributed by atoms with Gasteiger partial charge in [0, 0.05) is 44.1 Å². The van der Waals surface area contributed by atoms with Gasteiger partial charge in [0.2, 0.25) is 5.71 Å². The lowest BCUT2D eigenvalue weighted by Crippen LogP contribution is -1.95. The molecule has 0 bridgehead atoms. The van der Waals surface area contributed by atoms with Gasteiger partial charge in [0.25, 0.3) is 0 Å². The van der Waals surface area contributed by atoms with Crippen LogP contribution in [0.1, 0.15) is 0 Å². The first kappa shape index (κ1) is 33.9. The number of para-hydroxylation sites is 2. The Balaban J connectivity index is 0.952. The molecular weight excluding hydrogens is 733 g/mol. The predicted octanol–water partition coefficient (Wildman–Crippen LogP) is 14.4. The van der Waals surface area contributed by atoms with Crippen molar-refractivity contribution >= 4 is 54.6 Å². The number of furan rings is 1. The molecule has 280 valence electrons. The second-order valence-electron chi connectivity index (χ2n) is 15.2. The van der Waals surface area contributed by atoms with E-state index in [0.717, 1.165) is 100 Å². The third kappa shape index (κ3) is 5.59. The van der Waals surface area contributed by atoms with Crippen molar-refractivity contribution in [3.8, 4) is 62.0 Å². The van der Waals surface area contributed by atoms with E-state index in [4.69, 9.17) is 19.4 Å². The van der Waals surface area contributed by atoms with Crippen LogP contribution >= 0.6 is 0 Å². The zero-order valence-corrected chi connectivity index (χ0v) is 32.3. The quantitative estimate of drug-likeness (QED) is 0.169. The summed E-state index contributed by atoms with van der Waals surface area (Å²) in [6, 6.07) is 71.9. The van der Waals surface area contributed by atoms with Gasteiger partial charge in [0.15, 0.2) is 11.4 Å². The SMILES string of the molecule is c1ccc(-c2cc(-c3ccc(-c4ccc(-c5nc6ccccc6c6c5oc5c6c6ccccc6n5-c5ccc6ccccc6c5)cc4)cc3)nc(-c3ccccc3)n2)cc1. The number of rotatable bonds is 6. The van der Waals surface area contributed by atoms with E-state index in [1.54, 1.807) is 0 Å². The van der Waals surface area contributed by atoms with Crippen LogP contribution in [-0.4, -0.2) is 19.5 Å². The summed E-state index contributed by atoms with van der Waals surface area (Å²) < 4.78 is 9.32. The Bertz CT molecular complexity index is 3510. The molecule has 0 aliphatic heterocycles. The molecule has 0 unspecified atom stereocenters. The van der Waals surface area contributed by atoms with E-state index < -0.39 is 0 Å². The Morgan fingerprint density at radius 3 is 1.68 bits per heavy atom. The van der Waals surface area contributed by atoms with E-state index in [0.29, 0.717) is 5.82 Å². The average Bonchev–Trinajstić information content (AvgIpc) is 3.87. The Labute approximate surface area is 345 Å². The second kappa shape index (κ2) is 13.8. The van der Waals surface area contributed by atoms with E-state index in [1.807, 2.05) is 36.4 Å². The third-order valence-corrected chi connectivity index (χ3v) is 11.6. The minimum absolute atomic E-state index is 0.704. The number of hydrogen-bond donors (Lipinski definition) is 0. The topological polar surface area (TPSA) is 56.7 Å². The maximum Gasteiger partial charge on any atom is 0.213 e. The van der Waals surface area contributed by atoms with Crippen molar-refractivity contribution in [2.75, 3.05) is 0 Å². The van der Waals surface area contributed by atoms with Gasteiger partial charge in [-0.25, -0.2) is 15.0 Å². The number of pyridine rings is 1. The number of nitrogens with zero attached hydrogens (tertiary/aromatic N) is 4. The summed E-state index contributed by atoms with van der Waals surface area (Å²) in [6.07, 6.45) is 0. The van der Waals surface area contributed by atoms with Crippen molar-refractivity contribution in [3.05, 3.63) is 206 Å². The van der Waals surface area contributed by atoms with Gasteiger partial charge in [-0.15, -0.1) is 0 Å². The highest BCUT2D eigenvalue weighted by Crippen LogP contribution is 2.45. The zero-order chi connectivity index (χ0) is 39.6. The molecule has 60 heavy (non-hydrogen) atoms. The number of fused-ring (bicyclic) bond motifs is 8. The Morgan fingerprint density at radius 2 is 0.950 bits per heavy atom. The highest BCUT2D eigenvalue weighted by Gasteiger charge is 2.24. The van der Waals surface area contributed by atoms with Crippen molar-refractivity contribution in [2.24, 2.45) is 0 Å². The minimum Gasteiger partial charge on any atom is -0.437 e. The van der Waals surface area contributed by atoms with Gasteiger partial charge in [0.1, 0.15) is 5.69 Å². The summed E-state index contributed by atoms with van der Waals surface area (Å²) in [5, 5.41) is 6.79. The Morgan fingerprint density at radius 1 is 0.383 bits per heavy atom. The first-order valence-electron chi connectivity index (χ1n) is 20.2. The molecule has 8 aromatic carbocycles. The fourth-order valence-electron chi connectivity index (χ4n) is 8.68. The first-order valence-corrected chi connectivity index (χ1v) is 20.2. The fourth-order valence-corrected chi connectivity index (χ4v) is 8.68. The molecule has 0 spiro atoms. The average molecular weight is 767 g/mol. The molecule has 0 atom stereocenters. The first-order chi connectivity index (χ1) is 29.7. The smallest absolute Gasteiger partial charge is 0.213 e. The summed E-state index contributed by atoms with van der Waals surface area (Å²) >= 11 is 0. The van der Waals surface area contributed by atoms with Gasteiger partial charge in [-0.2, -0.15) is 0 Å². The summed E-state index contributed by atoms with van der Waals surface area (Å²) in [5.41, 5.74) is 13.6. The summed E-state index contributed by atoms with van der Waals surface area (Å²) in [4.78, 5) is 15.2. The van der Waals surface area contributed by atoms with Crippen LogP contribution in [0.4, 0.5) is 0 Å². The molecule has 0 amide bonds. The molecule has 0 radical (unpaired) electrons. The predicted molar refractivity (Wildman–Crippen MR) is 246 cm³/mol. The second-order valence-corrected chi connectivity index (χ2v) is 15.2. The maximum absolute atomic E-state index is 7.06. The van der Waals surface area contributed by atoms with Gasteiger partial charge >= 0.3 is 0 Å². The largest absolute Gasteiger partial charge is 0.437 e. The van der Waals surface area contributed by atoms with Gasteiger partial charge in [-0.3, -0.25) is 4.57 Å². The zero-order valence-electron chi connectivity index (χ0n) is 32.3. The van der Waals surface area contributed by atoms with E-state index in [2.05, 4.69) is 174 Å². The van der Waals surface area contributed by atoms with Crippen LogP contribution in [0.15, 0.2) is 211 Å². The van der Waals surface area contributed by atoms with Crippen molar-refractivity contribution in [2.45, 2.75) is 0 Å². The van der Waals surface area contributed by atoms with Crippen LogP contribution in [0.25, 0.3) is 117 Å². The molecule has 4 heterocycles. The van der Waals surface area contributed by atoms with Crippen LogP contribution in [-0.2, 0) is 0 Å². The number of benzene rings is 8. The van der Waals surface area contributed by atoms with E-state index >= 15 is 0 Å². The van der Waals surface area contributed by atoms with Crippen LogP contribution < -0.4 is 0 Å². The standard InChI is InChI=1S/C55H34N4O/c1-3-14-38(15-4-1)47-34-48(58-54(57-47)41-16-5-2-6-17-41)39-27-23-36(24-28-39)37-25-29-40(30-26-37)52-53-50(44-19-9-11-21-46(44)56-52)51-45-20-10-12-22-49(45)59(55(51)60-53)43-32-31-35-13-7-8-18-42(35)33-43/h1-34H. The lowest BCUT2D eigenvalue weighted by molar-refractivity contribution is 0.645. The number of aromatic nitrogens is 4. The van der Waals surface area contributed by atoms with Crippen LogP contribution in [0.5, 0.6) is 0 Å². The molecule has 12 rings (SSSR count). The molecule has 5 nitrogen and oxygen atoms in total. The van der Waals surface area contributed by atoms with Crippen LogP contribution in [0, 0.1) is 0 Å².